The Hall–Kier alpha value is -4.20. The molecule has 0 aliphatic rings. The summed E-state index contributed by atoms with van der Waals surface area (Å²) in [7, 11) is 1.60. The van der Waals surface area contributed by atoms with E-state index in [-0.39, 0.29) is 17.0 Å². The largest absolute Gasteiger partial charge is 0.872 e. The minimum Gasteiger partial charge on any atom is -0.872 e. The van der Waals surface area contributed by atoms with Crippen LogP contribution in [0.15, 0.2) is 70.1 Å². The Kier molecular flexibility index (Phi) is 4.66. The van der Waals surface area contributed by atoms with Crippen LogP contribution in [0.4, 0.5) is 11.4 Å². The van der Waals surface area contributed by atoms with Crippen molar-refractivity contribution in [3.8, 4) is 23.0 Å². The second-order valence-electron chi connectivity index (χ2n) is 6.14. The van der Waals surface area contributed by atoms with Gasteiger partial charge in [0.05, 0.1) is 17.7 Å². The number of non-ortho nitro benzene ring substituents is 1. The van der Waals surface area contributed by atoms with E-state index in [1.807, 2.05) is 24.3 Å². The fourth-order valence-corrected chi connectivity index (χ4v) is 2.75. The number of rotatable bonds is 5. The van der Waals surface area contributed by atoms with Crippen molar-refractivity contribution < 1.29 is 19.2 Å². The molecule has 144 valence electrons. The molecule has 1 heterocycles. The number of fused-ring (bicyclic) bond motifs is 1. The van der Waals surface area contributed by atoms with Crippen LogP contribution in [0.5, 0.6) is 11.5 Å². The molecule has 0 unspecified atom stereocenters. The summed E-state index contributed by atoms with van der Waals surface area (Å²) in [5.41, 5.74) is 2.51. The van der Waals surface area contributed by atoms with Gasteiger partial charge in [-0.15, -0.1) is 0 Å². The fraction of sp³-hybridized carbons (Fsp3) is 0.0476. The number of hydrogen-bond donors (Lipinski definition) is 0. The van der Waals surface area contributed by atoms with E-state index in [4.69, 9.17) is 9.15 Å². The highest BCUT2D eigenvalue weighted by Gasteiger charge is 2.09. The van der Waals surface area contributed by atoms with Gasteiger partial charge in [-0.1, -0.05) is 11.8 Å². The molecule has 0 bridgehead atoms. The smallest absolute Gasteiger partial charge is 0.270 e. The predicted octanol–water partition coefficient (Wildman–Crippen LogP) is 4.24. The average Bonchev–Trinajstić information content (AvgIpc) is 3.16. The summed E-state index contributed by atoms with van der Waals surface area (Å²) in [4.78, 5) is 19.0. The third-order valence-corrected chi connectivity index (χ3v) is 4.27. The molecule has 29 heavy (non-hydrogen) atoms. The first-order valence-electron chi connectivity index (χ1n) is 8.58. The van der Waals surface area contributed by atoms with Gasteiger partial charge in [-0.25, -0.2) is 4.98 Å². The Morgan fingerprint density at radius 2 is 1.90 bits per heavy atom. The number of nitrogens with zero attached hydrogens (tertiary/aromatic N) is 3. The summed E-state index contributed by atoms with van der Waals surface area (Å²) < 4.78 is 10.9. The number of ether oxygens (including phenoxy) is 1. The van der Waals surface area contributed by atoms with Crippen molar-refractivity contribution >= 4 is 28.7 Å². The van der Waals surface area contributed by atoms with Crippen molar-refractivity contribution in [2.75, 3.05) is 7.11 Å². The van der Waals surface area contributed by atoms with Crippen molar-refractivity contribution in [2.24, 2.45) is 4.99 Å². The van der Waals surface area contributed by atoms with Crippen molar-refractivity contribution in [1.82, 2.24) is 4.98 Å². The van der Waals surface area contributed by atoms with Gasteiger partial charge < -0.3 is 14.3 Å². The van der Waals surface area contributed by atoms with Crippen LogP contribution in [0.25, 0.3) is 22.6 Å². The van der Waals surface area contributed by atoms with E-state index in [9.17, 15) is 15.2 Å². The molecule has 0 N–H and O–H groups in total. The van der Waals surface area contributed by atoms with Gasteiger partial charge in [0, 0.05) is 23.9 Å². The molecule has 0 aliphatic carbocycles. The summed E-state index contributed by atoms with van der Waals surface area (Å²) in [6, 6.07) is 16.0. The maximum atomic E-state index is 11.9. The van der Waals surface area contributed by atoms with E-state index in [1.165, 1.54) is 18.3 Å². The quantitative estimate of drug-likeness (QED) is 0.287. The van der Waals surface area contributed by atoms with Crippen molar-refractivity contribution in [3.05, 3.63) is 76.3 Å². The minimum absolute atomic E-state index is 0.137. The molecule has 0 amide bonds. The summed E-state index contributed by atoms with van der Waals surface area (Å²) in [6.07, 6.45) is 1.31. The first-order chi connectivity index (χ1) is 14.0. The van der Waals surface area contributed by atoms with E-state index >= 15 is 0 Å². The van der Waals surface area contributed by atoms with Gasteiger partial charge in [-0.3, -0.25) is 15.1 Å². The lowest BCUT2D eigenvalue weighted by Crippen LogP contribution is -1.98. The maximum Gasteiger partial charge on any atom is 0.270 e. The Bertz CT molecular complexity index is 1230. The number of nitro groups is 1. The average molecular weight is 388 g/mol. The summed E-state index contributed by atoms with van der Waals surface area (Å²) in [6.45, 7) is 0. The van der Waals surface area contributed by atoms with Gasteiger partial charge in [0.2, 0.25) is 5.89 Å². The minimum atomic E-state index is -0.557. The number of benzene rings is 3. The maximum absolute atomic E-state index is 11.9. The zero-order chi connectivity index (χ0) is 20.4. The molecule has 0 radical (unpaired) electrons. The molecule has 0 aliphatic heterocycles. The van der Waals surface area contributed by atoms with Crippen LogP contribution in [-0.4, -0.2) is 23.2 Å². The Balaban J connectivity index is 1.63. The van der Waals surface area contributed by atoms with Crippen LogP contribution >= 0.6 is 0 Å². The molecule has 0 fully saturated rings. The molecule has 3 aromatic carbocycles. The molecular formula is C21H14N3O5-. The summed E-state index contributed by atoms with van der Waals surface area (Å²) in [5, 5.41) is 22.8. The lowest BCUT2D eigenvalue weighted by Gasteiger charge is -2.08. The molecule has 0 atom stereocenters. The predicted molar refractivity (Wildman–Crippen MR) is 106 cm³/mol. The first-order valence-corrected chi connectivity index (χ1v) is 8.58. The second kappa shape index (κ2) is 7.43. The van der Waals surface area contributed by atoms with Gasteiger partial charge in [-0.2, -0.15) is 0 Å². The Morgan fingerprint density at radius 3 is 2.62 bits per heavy atom. The van der Waals surface area contributed by atoms with E-state index < -0.39 is 4.92 Å². The molecule has 4 aromatic rings. The Labute approximate surface area is 164 Å². The molecule has 8 heteroatoms. The fourth-order valence-electron chi connectivity index (χ4n) is 2.75. The molecule has 1 aromatic heterocycles. The van der Waals surface area contributed by atoms with Gasteiger partial charge in [-0.05, 0) is 48.0 Å². The van der Waals surface area contributed by atoms with Crippen LogP contribution in [0.3, 0.4) is 0 Å². The van der Waals surface area contributed by atoms with Gasteiger partial charge in [0.1, 0.15) is 11.3 Å². The van der Waals surface area contributed by atoms with E-state index in [1.54, 1.807) is 25.3 Å². The normalized spacial score (nSPS) is 11.2. The summed E-state index contributed by atoms with van der Waals surface area (Å²) >= 11 is 0. The van der Waals surface area contributed by atoms with E-state index in [2.05, 4.69) is 9.98 Å². The lowest BCUT2D eigenvalue weighted by atomic mass is 10.2. The van der Waals surface area contributed by atoms with Crippen molar-refractivity contribution in [3.63, 3.8) is 0 Å². The van der Waals surface area contributed by atoms with E-state index in [0.717, 1.165) is 17.4 Å². The molecular weight excluding hydrogens is 374 g/mol. The number of hydrogen-bond acceptors (Lipinski definition) is 7. The number of aromatic nitrogens is 1. The second-order valence-corrected chi connectivity index (χ2v) is 6.14. The van der Waals surface area contributed by atoms with Crippen molar-refractivity contribution in [2.45, 2.75) is 0 Å². The number of methoxy groups -OCH3 is 1. The van der Waals surface area contributed by atoms with E-state index in [0.29, 0.717) is 22.7 Å². The third kappa shape index (κ3) is 3.77. The number of oxazole rings is 1. The SMILES string of the molecule is COc1ccc(-c2nc3cc(N=Cc4cc([N+](=O)[O-])ccc4[O-])ccc3o2)cc1. The topological polar surface area (TPSA) is 114 Å². The highest BCUT2D eigenvalue weighted by atomic mass is 16.6. The van der Waals surface area contributed by atoms with Gasteiger partial charge >= 0.3 is 0 Å². The number of nitro benzene ring substituents is 1. The highest BCUT2D eigenvalue weighted by Crippen LogP contribution is 2.28. The van der Waals surface area contributed by atoms with Gasteiger partial charge in [0.15, 0.2) is 5.58 Å². The Morgan fingerprint density at radius 1 is 1.10 bits per heavy atom. The molecule has 0 saturated heterocycles. The van der Waals surface area contributed by atoms with Crippen LogP contribution in [0, 0.1) is 10.1 Å². The summed E-state index contributed by atoms with van der Waals surface area (Å²) in [5.74, 6) is 0.855. The van der Waals surface area contributed by atoms with Crippen LogP contribution in [0.1, 0.15) is 5.56 Å². The zero-order valence-corrected chi connectivity index (χ0v) is 15.2. The van der Waals surface area contributed by atoms with Crippen LogP contribution < -0.4 is 9.84 Å². The monoisotopic (exact) mass is 388 g/mol. The van der Waals surface area contributed by atoms with Crippen LogP contribution in [0.2, 0.25) is 0 Å². The molecule has 4 rings (SSSR count). The lowest BCUT2D eigenvalue weighted by molar-refractivity contribution is -0.385. The van der Waals surface area contributed by atoms with Crippen molar-refractivity contribution in [1.29, 1.82) is 0 Å². The number of aliphatic imine (C=N–C) groups is 1. The standard InChI is InChI=1S/C21H15N3O5/c1-28-17-6-2-13(3-7-17)21-23-18-11-15(4-9-20(18)29-21)22-12-14-10-16(24(26)27)5-8-19(14)25/h2-12,25H,1H3/p-1. The van der Waals surface area contributed by atoms with Crippen LogP contribution in [-0.2, 0) is 0 Å². The third-order valence-electron chi connectivity index (χ3n) is 4.27. The van der Waals surface area contributed by atoms with Gasteiger partial charge in [0.25, 0.3) is 5.69 Å². The molecule has 0 spiro atoms. The zero-order valence-electron chi connectivity index (χ0n) is 15.2. The first kappa shape index (κ1) is 18.2. The molecule has 0 saturated carbocycles. The highest BCUT2D eigenvalue weighted by molar-refractivity contribution is 5.87. The molecule has 8 nitrogen and oxygen atoms in total.